The van der Waals surface area contributed by atoms with Crippen molar-refractivity contribution in [3.63, 3.8) is 0 Å². The van der Waals surface area contributed by atoms with Crippen molar-refractivity contribution in [1.29, 1.82) is 0 Å². The number of aryl methyl sites for hydroxylation is 1. The largest absolute Gasteiger partial charge is 0.482 e. The van der Waals surface area contributed by atoms with E-state index in [0.717, 1.165) is 5.56 Å². The lowest BCUT2D eigenvalue weighted by Crippen LogP contribution is -2.13. The molecule has 19 heavy (non-hydrogen) atoms. The second-order valence-electron chi connectivity index (χ2n) is 3.84. The Morgan fingerprint density at radius 3 is 2.74 bits per heavy atom. The topological polar surface area (TPSA) is 78.7 Å². The third-order valence-corrected chi connectivity index (χ3v) is 2.28. The van der Waals surface area contributed by atoms with Gasteiger partial charge in [0.25, 0.3) is 0 Å². The minimum atomic E-state index is -0.572. The van der Waals surface area contributed by atoms with E-state index in [9.17, 15) is 14.9 Å². The fraction of sp³-hybridized carbons (Fsp3) is 0.308. The first-order chi connectivity index (χ1) is 8.95. The monoisotopic (exact) mass is 265 g/mol. The lowest BCUT2D eigenvalue weighted by atomic mass is 10.2. The molecule has 6 nitrogen and oxygen atoms in total. The first-order valence-electron chi connectivity index (χ1n) is 5.68. The van der Waals surface area contributed by atoms with E-state index in [-0.39, 0.29) is 30.2 Å². The molecule has 0 amide bonds. The van der Waals surface area contributed by atoms with E-state index in [1.807, 2.05) is 0 Å². The summed E-state index contributed by atoms with van der Waals surface area (Å²) in [6, 6.07) is 4.59. The standard InChI is InChI=1S/C13H15NO5/c1-4-18-13(15)10(3)8-19-12-6-5-9(2)7-11(12)14(16)17/h5-7H,3-4,8H2,1-2H3. The molecule has 0 spiro atoms. The number of hydrogen-bond acceptors (Lipinski definition) is 5. The molecule has 0 N–H and O–H groups in total. The summed E-state index contributed by atoms with van der Waals surface area (Å²) in [6.45, 7) is 7.02. The van der Waals surface area contributed by atoms with Crippen molar-refractivity contribution in [2.75, 3.05) is 13.2 Å². The van der Waals surface area contributed by atoms with Crippen LogP contribution in [-0.2, 0) is 9.53 Å². The predicted molar refractivity (Wildman–Crippen MR) is 69.1 cm³/mol. The summed E-state index contributed by atoms with van der Waals surface area (Å²) in [5, 5.41) is 10.9. The van der Waals surface area contributed by atoms with E-state index < -0.39 is 10.9 Å². The summed E-state index contributed by atoms with van der Waals surface area (Å²) in [4.78, 5) is 21.6. The average molecular weight is 265 g/mol. The van der Waals surface area contributed by atoms with Gasteiger partial charge in [-0.05, 0) is 25.5 Å². The van der Waals surface area contributed by atoms with Crippen molar-refractivity contribution in [2.45, 2.75) is 13.8 Å². The Balaban J connectivity index is 2.75. The van der Waals surface area contributed by atoms with Crippen LogP contribution in [0.25, 0.3) is 0 Å². The molecule has 1 rings (SSSR count). The molecule has 0 saturated heterocycles. The maximum absolute atomic E-state index is 11.3. The molecule has 0 aliphatic rings. The lowest BCUT2D eigenvalue weighted by Gasteiger charge is -2.08. The highest BCUT2D eigenvalue weighted by atomic mass is 16.6. The van der Waals surface area contributed by atoms with Crippen molar-refractivity contribution in [3.05, 3.63) is 46.0 Å². The first-order valence-corrected chi connectivity index (χ1v) is 5.68. The van der Waals surface area contributed by atoms with Crippen LogP contribution in [0.15, 0.2) is 30.4 Å². The second-order valence-corrected chi connectivity index (χ2v) is 3.84. The predicted octanol–water partition coefficient (Wildman–Crippen LogP) is 2.40. The van der Waals surface area contributed by atoms with Crippen molar-refractivity contribution in [1.82, 2.24) is 0 Å². The molecule has 1 aromatic carbocycles. The van der Waals surface area contributed by atoms with Gasteiger partial charge in [0.05, 0.1) is 17.1 Å². The van der Waals surface area contributed by atoms with Crippen LogP contribution >= 0.6 is 0 Å². The van der Waals surface area contributed by atoms with E-state index in [0.29, 0.717) is 0 Å². The number of nitro benzene ring substituents is 1. The van der Waals surface area contributed by atoms with E-state index in [1.54, 1.807) is 19.9 Å². The number of nitrogens with zero attached hydrogens (tertiary/aromatic N) is 1. The summed E-state index contributed by atoms with van der Waals surface area (Å²) >= 11 is 0. The zero-order valence-electron chi connectivity index (χ0n) is 10.8. The summed E-state index contributed by atoms with van der Waals surface area (Å²) in [7, 11) is 0. The van der Waals surface area contributed by atoms with Crippen molar-refractivity contribution in [2.24, 2.45) is 0 Å². The number of carbonyl (C=O) groups is 1. The van der Waals surface area contributed by atoms with Crippen LogP contribution in [0.2, 0.25) is 0 Å². The fourth-order valence-corrected chi connectivity index (χ4v) is 1.35. The summed E-state index contributed by atoms with van der Waals surface area (Å²) in [6.07, 6.45) is 0. The zero-order chi connectivity index (χ0) is 14.4. The Morgan fingerprint density at radius 2 is 2.16 bits per heavy atom. The molecule has 0 aliphatic heterocycles. The SMILES string of the molecule is C=C(COc1ccc(C)cc1[N+](=O)[O-])C(=O)OCC. The molecular formula is C13H15NO5. The number of hydrogen-bond donors (Lipinski definition) is 0. The van der Waals surface area contributed by atoms with Gasteiger partial charge in [0.2, 0.25) is 0 Å². The maximum Gasteiger partial charge on any atom is 0.336 e. The highest BCUT2D eigenvalue weighted by Gasteiger charge is 2.16. The molecule has 0 radical (unpaired) electrons. The first kappa shape index (κ1) is 14.7. The van der Waals surface area contributed by atoms with E-state index in [1.165, 1.54) is 12.1 Å². The summed E-state index contributed by atoms with van der Waals surface area (Å²) in [5.74, 6) is -0.474. The van der Waals surface area contributed by atoms with Crippen LogP contribution in [0.4, 0.5) is 5.69 Å². The Hall–Kier alpha value is -2.37. The Kier molecular flexibility index (Phi) is 5.05. The second kappa shape index (κ2) is 6.53. The van der Waals surface area contributed by atoms with Crippen LogP contribution in [0.3, 0.4) is 0 Å². The van der Waals surface area contributed by atoms with Crippen molar-refractivity contribution in [3.8, 4) is 5.75 Å². The molecule has 6 heteroatoms. The van der Waals surface area contributed by atoms with E-state index in [2.05, 4.69) is 6.58 Å². The van der Waals surface area contributed by atoms with Crippen LogP contribution in [0.1, 0.15) is 12.5 Å². The third-order valence-electron chi connectivity index (χ3n) is 2.28. The Morgan fingerprint density at radius 1 is 1.47 bits per heavy atom. The average Bonchev–Trinajstić information content (AvgIpc) is 2.36. The smallest absolute Gasteiger partial charge is 0.336 e. The summed E-state index contributed by atoms with van der Waals surface area (Å²) < 4.78 is 9.98. The normalized spacial score (nSPS) is 9.79. The number of nitro groups is 1. The van der Waals surface area contributed by atoms with Gasteiger partial charge in [0.15, 0.2) is 5.75 Å². The van der Waals surface area contributed by atoms with Gasteiger partial charge < -0.3 is 9.47 Å². The quantitative estimate of drug-likeness (QED) is 0.341. The Bertz CT molecular complexity index is 510. The number of carbonyl (C=O) groups excluding carboxylic acids is 1. The molecule has 102 valence electrons. The van der Waals surface area contributed by atoms with Gasteiger partial charge in [-0.3, -0.25) is 10.1 Å². The highest BCUT2D eigenvalue weighted by molar-refractivity contribution is 5.88. The van der Waals surface area contributed by atoms with Gasteiger partial charge in [0, 0.05) is 6.07 Å². The number of ether oxygens (including phenoxy) is 2. The van der Waals surface area contributed by atoms with Gasteiger partial charge in [-0.2, -0.15) is 0 Å². The molecule has 0 atom stereocenters. The Labute approximate surface area is 110 Å². The maximum atomic E-state index is 11.3. The molecule has 0 unspecified atom stereocenters. The molecule has 0 aliphatic carbocycles. The number of rotatable bonds is 6. The van der Waals surface area contributed by atoms with Gasteiger partial charge in [0.1, 0.15) is 6.61 Å². The highest BCUT2D eigenvalue weighted by Crippen LogP contribution is 2.27. The van der Waals surface area contributed by atoms with Crippen LogP contribution in [0, 0.1) is 17.0 Å². The van der Waals surface area contributed by atoms with Crippen LogP contribution in [0.5, 0.6) is 5.75 Å². The van der Waals surface area contributed by atoms with Gasteiger partial charge in [-0.1, -0.05) is 12.6 Å². The molecule has 0 bridgehead atoms. The third kappa shape index (κ3) is 4.09. The van der Waals surface area contributed by atoms with Gasteiger partial charge in [-0.15, -0.1) is 0 Å². The lowest BCUT2D eigenvalue weighted by molar-refractivity contribution is -0.385. The fourth-order valence-electron chi connectivity index (χ4n) is 1.35. The van der Waals surface area contributed by atoms with E-state index >= 15 is 0 Å². The van der Waals surface area contributed by atoms with E-state index in [4.69, 9.17) is 9.47 Å². The van der Waals surface area contributed by atoms with Gasteiger partial charge in [-0.25, -0.2) is 4.79 Å². The molecule has 0 aromatic heterocycles. The van der Waals surface area contributed by atoms with Crippen LogP contribution < -0.4 is 4.74 Å². The van der Waals surface area contributed by atoms with Crippen molar-refractivity contribution >= 4 is 11.7 Å². The molecule has 1 aromatic rings. The zero-order valence-corrected chi connectivity index (χ0v) is 10.8. The minimum Gasteiger partial charge on any atom is -0.482 e. The minimum absolute atomic E-state index is 0.0982. The van der Waals surface area contributed by atoms with Crippen molar-refractivity contribution < 1.29 is 19.2 Å². The number of benzene rings is 1. The number of esters is 1. The molecular weight excluding hydrogens is 250 g/mol. The summed E-state index contributed by atoms with van der Waals surface area (Å²) in [5.41, 5.74) is 0.719. The van der Waals surface area contributed by atoms with Gasteiger partial charge >= 0.3 is 11.7 Å². The molecule has 0 fully saturated rings. The van der Waals surface area contributed by atoms with Crippen LogP contribution in [-0.4, -0.2) is 24.1 Å². The molecule has 0 heterocycles. The molecule has 0 saturated carbocycles.